The van der Waals surface area contributed by atoms with Crippen LogP contribution in [0.1, 0.15) is 131 Å². The van der Waals surface area contributed by atoms with E-state index in [1.54, 1.807) is 36.4 Å². The lowest BCUT2D eigenvalue weighted by Gasteiger charge is -2.35. The van der Waals surface area contributed by atoms with Gasteiger partial charge in [-0.15, -0.1) is 0 Å². The molecule has 0 aliphatic carbocycles. The third-order valence-corrected chi connectivity index (χ3v) is 18.7. The highest BCUT2D eigenvalue weighted by molar-refractivity contribution is 6.44. The Morgan fingerprint density at radius 3 is 1.15 bits per heavy atom. The van der Waals surface area contributed by atoms with Gasteiger partial charge in [0.1, 0.15) is 0 Å². The minimum absolute atomic E-state index is 0.0247. The number of carbonyl (C=O) groups excluding carboxylic acids is 4. The summed E-state index contributed by atoms with van der Waals surface area (Å²) < 4.78 is 154. The van der Waals surface area contributed by atoms with Crippen molar-refractivity contribution in [1.82, 2.24) is 24.8 Å². The number of rotatable bonds is 15. The molecule has 94 heavy (non-hydrogen) atoms. The summed E-state index contributed by atoms with van der Waals surface area (Å²) in [6, 6.07) is 27.7. The zero-order valence-electron chi connectivity index (χ0n) is 49.9. The number of nitrogens with zero attached hydrogens (tertiary/aromatic N) is 3. The summed E-state index contributed by atoms with van der Waals surface area (Å²) in [5.41, 5.74) is -3.07. The van der Waals surface area contributed by atoms with Gasteiger partial charge in [0.25, 0.3) is 23.6 Å². The molecule has 0 unspecified atom stereocenters. The average Bonchev–Trinajstić information content (AvgIpc) is 0.807. The zero-order chi connectivity index (χ0) is 65.4. The number of H-pyrrole nitrogens is 3. The quantitative estimate of drug-likeness (QED) is 0.0179. The fraction of sp³-hybridized carbons (Fsp3) is 0.176. The number of fused-ring (bicyclic) bond motifs is 11. The lowest BCUT2D eigenvalue weighted by atomic mass is 9.82. The van der Waals surface area contributed by atoms with Gasteiger partial charge < -0.3 is 15.0 Å². The molecule has 4 aromatic heterocycles. The first-order chi connectivity index (χ1) is 45.4. The molecule has 4 amide bonds. The Hall–Kier alpha value is -10.6. The van der Waals surface area contributed by atoms with E-state index in [0.29, 0.717) is 43.4 Å². The summed E-state index contributed by atoms with van der Waals surface area (Å²) in [5, 5.41) is 5.11. The van der Waals surface area contributed by atoms with Crippen molar-refractivity contribution < 1.29 is 63.1 Å². The molecule has 3 aliphatic heterocycles. The van der Waals surface area contributed by atoms with Gasteiger partial charge in [-0.25, -0.2) is 53.8 Å². The van der Waals surface area contributed by atoms with Crippen LogP contribution in [0.2, 0.25) is 0 Å². The zero-order valence-corrected chi connectivity index (χ0v) is 49.9. The van der Waals surface area contributed by atoms with Gasteiger partial charge in [-0.1, -0.05) is 102 Å². The van der Waals surface area contributed by atoms with Crippen LogP contribution in [0.15, 0.2) is 109 Å². The molecule has 8 aromatic carbocycles. The van der Waals surface area contributed by atoms with Crippen molar-refractivity contribution in [3.8, 4) is 33.4 Å². The van der Waals surface area contributed by atoms with Crippen LogP contribution in [0.4, 0.5) is 49.6 Å². The predicted molar refractivity (Wildman–Crippen MR) is 342 cm³/mol. The van der Waals surface area contributed by atoms with Gasteiger partial charge in [0, 0.05) is 83.3 Å². The van der Waals surface area contributed by atoms with Crippen molar-refractivity contribution in [2.24, 2.45) is 0 Å². The number of imide groups is 2. The minimum atomic E-state index is -2.41. The van der Waals surface area contributed by atoms with Crippen LogP contribution in [-0.4, -0.2) is 54.5 Å². The van der Waals surface area contributed by atoms with Crippen LogP contribution >= 0.6 is 0 Å². The Morgan fingerprint density at radius 2 is 0.713 bits per heavy atom. The smallest absolute Gasteiger partial charge is 0.265 e. The van der Waals surface area contributed by atoms with Gasteiger partial charge in [0.15, 0.2) is 46.5 Å². The Labute approximate surface area is 526 Å². The molecule has 12 aromatic rings. The molecule has 470 valence electrons. The van der Waals surface area contributed by atoms with Gasteiger partial charge in [0.05, 0.1) is 33.7 Å². The maximum Gasteiger partial charge on any atom is 0.265 e. The molecule has 0 spiro atoms. The van der Waals surface area contributed by atoms with E-state index in [1.165, 1.54) is 77.7 Å². The number of anilines is 1. The molecule has 0 fully saturated rings. The molecule has 3 aliphatic rings. The maximum atomic E-state index is 16.1. The number of aromatic nitrogens is 4. The van der Waals surface area contributed by atoms with Gasteiger partial charge in [-0.2, -0.15) is 0 Å². The van der Waals surface area contributed by atoms with Crippen molar-refractivity contribution in [2.75, 3.05) is 4.90 Å². The Morgan fingerprint density at radius 1 is 0.351 bits per heavy atom. The van der Waals surface area contributed by atoms with Crippen LogP contribution < -0.4 is 4.90 Å². The molecule has 15 rings (SSSR count). The number of aromatic amines is 3. The highest BCUT2D eigenvalue weighted by Crippen LogP contribution is 2.48. The van der Waals surface area contributed by atoms with Gasteiger partial charge in [-0.3, -0.25) is 24.1 Å². The topological polar surface area (TPSA) is 135 Å². The number of halogens is 10. The monoisotopic (exact) mass is 1280 g/mol. The van der Waals surface area contributed by atoms with E-state index in [2.05, 4.69) is 33.8 Å². The lowest BCUT2D eigenvalue weighted by Crippen LogP contribution is -2.47. The standard InChI is InChI=1S/C74H50F10N6O4/c1-3-5-7-9-11-34(12-10-8-6-4-2)89-71(91)40-21-17-36-38-19-23-42-56-43(24-20-39(54(38)56)37-18-22-41(72(89)92)55(40)53(36)37)74(94)90(73(42)93)35-15-13-33(14-16-35)52-46-29-31-50(87-46)57(59-61(75)65(79)69(83)66(80)62(59)76)48-27-25-44(85-48)45-26-28-49(86-45)58(51-32-30-47(52)88-51)60-63(77)67(81)70(84)68(82)64(60)78/h13-32,34,85,87-88H,3-12H2,1-2H3. The first-order valence-electron chi connectivity index (χ1n) is 30.9. The number of carbonyl (C=O) groups is 4. The Kier molecular flexibility index (Phi) is 14.3. The number of unbranched alkanes of at least 4 members (excludes halogenated alkanes) is 6. The minimum Gasteiger partial charge on any atom is -0.354 e. The van der Waals surface area contributed by atoms with E-state index in [9.17, 15) is 18.4 Å². The first kappa shape index (κ1) is 59.7. The number of hydrogen-bond acceptors (Lipinski definition) is 5. The van der Waals surface area contributed by atoms with Crippen molar-refractivity contribution >= 4 is 118 Å². The summed E-state index contributed by atoms with van der Waals surface area (Å²) in [6.45, 7) is 4.28. The largest absolute Gasteiger partial charge is 0.354 e. The second kappa shape index (κ2) is 22.6. The van der Waals surface area contributed by atoms with Crippen molar-refractivity contribution in [3.63, 3.8) is 0 Å². The summed E-state index contributed by atoms with van der Waals surface area (Å²) >= 11 is 0. The number of benzene rings is 8. The Balaban J connectivity index is 0.863. The van der Waals surface area contributed by atoms with E-state index in [-0.39, 0.29) is 90.3 Å². The molecular formula is C74H50F10N6O4. The van der Waals surface area contributed by atoms with Gasteiger partial charge in [0.2, 0.25) is 11.6 Å². The second-order valence-corrected chi connectivity index (χ2v) is 24.1. The number of amides is 4. The van der Waals surface area contributed by atoms with E-state index in [0.717, 1.165) is 79.9 Å². The van der Waals surface area contributed by atoms with E-state index in [1.807, 2.05) is 12.1 Å². The van der Waals surface area contributed by atoms with Crippen molar-refractivity contribution in [3.05, 3.63) is 201 Å². The molecule has 3 N–H and O–H groups in total. The third-order valence-electron chi connectivity index (χ3n) is 18.7. The maximum absolute atomic E-state index is 16.1. The molecule has 0 atom stereocenters. The summed E-state index contributed by atoms with van der Waals surface area (Å²) in [6.07, 6.45) is 12.0. The number of hydrogen-bond donors (Lipinski definition) is 3. The summed E-state index contributed by atoms with van der Waals surface area (Å²) in [5.74, 6) is -24.6. The summed E-state index contributed by atoms with van der Waals surface area (Å²) in [7, 11) is 0. The van der Waals surface area contributed by atoms with Gasteiger partial charge in [-0.05, 0) is 136 Å². The van der Waals surface area contributed by atoms with Crippen LogP contribution in [0, 0.1) is 58.2 Å². The lowest BCUT2D eigenvalue weighted by molar-refractivity contribution is 0.0516. The van der Waals surface area contributed by atoms with Crippen LogP contribution in [0.3, 0.4) is 0 Å². The molecule has 0 radical (unpaired) electrons. The van der Waals surface area contributed by atoms with Crippen LogP contribution in [0.5, 0.6) is 0 Å². The SMILES string of the molecule is CCCCCCC(CCCCCC)N1C(=O)c2ccc3c4ccc5c6c(ccc(c7ccc(c2c37)C1=O)c64)C(=O)N(c1ccc(-c2c3ccc([nH]3)c(-c3c(F)c(F)c(F)c(F)c3F)c3nc(c4ccc([nH]4)c(-c4c(F)c(F)c(F)c(F)c4F)c4ccc2[nH]4)C=C3)cc1)C5=O. The van der Waals surface area contributed by atoms with Crippen molar-refractivity contribution in [2.45, 2.75) is 84.1 Å². The van der Waals surface area contributed by atoms with Crippen LogP contribution in [-0.2, 0) is 0 Å². The average molecular weight is 1280 g/mol. The normalized spacial score (nSPS) is 13.6. The molecule has 20 heteroatoms. The molecule has 8 bridgehead atoms. The van der Waals surface area contributed by atoms with E-state index in [4.69, 9.17) is 0 Å². The Bertz CT molecular complexity index is 5310. The molecule has 0 saturated carbocycles. The first-order valence-corrected chi connectivity index (χ1v) is 30.9. The predicted octanol–water partition coefficient (Wildman–Crippen LogP) is 19.8. The fourth-order valence-corrected chi connectivity index (χ4v) is 14.3. The fourth-order valence-electron chi connectivity index (χ4n) is 14.3. The van der Waals surface area contributed by atoms with E-state index < -0.39 is 92.2 Å². The molecule has 0 saturated heterocycles. The summed E-state index contributed by atoms with van der Waals surface area (Å²) in [4.78, 5) is 75.5. The van der Waals surface area contributed by atoms with Crippen LogP contribution in [0.25, 0.3) is 122 Å². The molecular weight excluding hydrogens is 1230 g/mol. The third kappa shape index (κ3) is 8.87. The molecule has 10 nitrogen and oxygen atoms in total. The van der Waals surface area contributed by atoms with Crippen molar-refractivity contribution in [1.29, 1.82) is 0 Å². The van der Waals surface area contributed by atoms with Gasteiger partial charge >= 0.3 is 0 Å². The number of nitrogens with one attached hydrogen (secondary N) is 3. The van der Waals surface area contributed by atoms with E-state index >= 15 is 44.7 Å². The highest BCUT2D eigenvalue weighted by atomic mass is 19.2. The second-order valence-electron chi connectivity index (χ2n) is 24.1. The molecule has 7 heterocycles. The highest BCUT2D eigenvalue weighted by Gasteiger charge is 2.40.